The summed E-state index contributed by atoms with van der Waals surface area (Å²) in [6.07, 6.45) is 13.1. The molecule has 0 atom stereocenters. The van der Waals surface area contributed by atoms with Crippen LogP contribution in [0, 0.1) is 5.41 Å². The van der Waals surface area contributed by atoms with Crippen molar-refractivity contribution in [2.45, 2.75) is 78.1 Å². The van der Waals surface area contributed by atoms with E-state index in [0.29, 0.717) is 0 Å². The first kappa shape index (κ1) is 17.6. The number of hydrogen-bond donors (Lipinski definition) is 0. The maximum atomic E-state index is 6.10. The molecular formula is C15H30Cl2. The van der Waals surface area contributed by atoms with E-state index in [0.717, 1.165) is 11.8 Å². The lowest BCUT2D eigenvalue weighted by Gasteiger charge is -2.29. The molecule has 0 rings (SSSR count). The van der Waals surface area contributed by atoms with E-state index in [9.17, 15) is 0 Å². The van der Waals surface area contributed by atoms with Crippen LogP contribution in [0.25, 0.3) is 0 Å². The third-order valence-corrected chi connectivity index (χ3v) is 4.79. The maximum absolute atomic E-state index is 6.10. The zero-order chi connectivity index (χ0) is 13.0. The Hall–Kier alpha value is 0.580. The van der Waals surface area contributed by atoms with Crippen LogP contribution in [-0.2, 0) is 0 Å². The zero-order valence-electron chi connectivity index (χ0n) is 11.7. The van der Waals surface area contributed by atoms with Gasteiger partial charge in [-0.1, -0.05) is 65.2 Å². The summed E-state index contributed by atoms with van der Waals surface area (Å²) in [7, 11) is 0. The van der Waals surface area contributed by atoms with Crippen LogP contribution in [0.15, 0.2) is 0 Å². The lowest BCUT2D eigenvalue weighted by molar-refractivity contribution is 0.302. The van der Waals surface area contributed by atoms with Crippen LogP contribution in [0.2, 0.25) is 0 Å². The van der Waals surface area contributed by atoms with Crippen molar-refractivity contribution in [3.8, 4) is 0 Å². The molecule has 104 valence electrons. The average molecular weight is 281 g/mol. The molecule has 17 heavy (non-hydrogen) atoms. The van der Waals surface area contributed by atoms with E-state index in [-0.39, 0.29) is 5.41 Å². The van der Waals surface area contributed by atoms with E-state index in [1.165, 1.54) is 64.2 Å². The van der Waals surface area contributed by atoms with Crippen LogP contribution in [-0.4, -0.2) is 11.8 Å². The first-order valence-corrected chi connectivity index (χ1v) is 8.43. The Morgan fingerprint density at radius 3 is 1.65 bits per heavy atom. The minimum atomic E-state index is 0.210. The van der Waals surface area contributed by atoms with Crippen molar-refractivity contribution in [1.82, 2.24) is 0 Å². The molecule has 0 spiro atoms. The van der Waals surface area contributed by atoms with Gasteiger partial charge in [0.05, 0.1) is 0 Å². The Morgan fingerprint density at radius 2 is 1.18 bits per heavy atom. The van der Waals surface area contributed by atoms with Crippen LogP contribution in [0.4, 0.5) is 0 Å². The molecule has 0 aliphatic heterocycles. The minimum absolute atomic E-state index is 0.210. The van der Waals surface area contributed by atoms with E-state index in [1.54, 1.807) is 0 Å². The molecule has 0 aliphatic carbocycles. The molecule has 0 bridgehead atoms. The maximum Gasteiger partial charge on any atom is 0.0291 e. The highest BCUT2D eigenvalue weighted by atomic mass is 35.5. The van der Waals surface area contributed by atoms with Crippen molar-refractivity contribution < 1.29 is 0 Å². The summed E-state index contributed by atoms with van der Waals surface area (Å²) >= 11 is 12.2. The van der Waals surface area contributed by atoms with Gasteiger partial charge in [0.25, 0.3) is 0 Å². The number of alkyl halides is 2. The van der Waals surface area contributed by atoms with E-state index >= 15 is 0 Å². The first-order valence-electron chi connectivity index (χ1n) is 7.36. The summed E-state index contributed by atoms with van der Waals surface area (Å²) in [6.45, 7) is 4.48. The van der Waals surface area contributed by atoms with Gasteiger partial charge in [0.15, 0.2) is 0 Å². The molecule has 0 N–H and O–H groups in total. The fraction of sp³-hybridized carbons (Fsp3) is 1.00. The molecule has 0 aromatic heterocycles. The van der Waals surface area contributed by atoms with Crippen LogP contribution in [0.3, 0.4) is 0 Å². The first-order chi connectivity index (χ1) is 8.24. The van der Waals surface area contributed by atoms with Gasteiger partial charge in [-0.2, -0.15) is 0 Å². The molecule has 0 aromatic carbocycles. The summed E-state index contributed by atoms with van der Waals surface area (Å²) < 4.78 is 0. The number of unbranched alkanes of at least 4 members (excludes halogenated alkanes) is 6. The van der Waals surface area contributed by atoms with Gasteiger partial charge in [0.2, 0.25) is 0 Å². The predicted molar refractivity (Wildman–Crippen MR) is 81.4 cm³/mol. The molecular weight excluding hydrogens is 251 g/mol. The quantitative estimate of drug-likeness (QED) is 0.287. The summed E-state index contributed by atoms with van der Waals surface area (Å²) in [4.78, 5) is 0. The van der Waals surface area contributed by atoms with Crippen molar-refractivity contribution in [3.05, 3.63) is 0 Å². The standard InChI is InChI=1S/C15H30Cl2/c1-3-5-6-7-8-9-10-12-15(13-16,14-17)11-4-2/h3-14H2,1-2H3. The molecule has 0 fully saturated rings. The van der Waals surface area contributed by atoms with Crippen LogP contribution < -0.4 is 0 Å². The summed E-state index contributed by atoms with van der Waals surface area (Å²) in [5, 5.41) is 0. The fourth-order valence-corrected chi connectivity index (χ4v) is 3.24. The molecule has 0 amide bonds. The predicted octanol–water partition coefficient (Wildman–Crippen LogP) is 6.39. The van der Waals surface area contributed by atoms with E-state index < -0.39 is 0 Å². The number of rotatable bonds is 12. The highest BCUT2D eigenvalue weighted by molar-refractivity contribution is 6.21. The van der Waals surface area contributed by atoms with Crippen LogP contribution in [0.5, 0.6) is 0 Å². The van der Waals surface area contributed by atoms with Crippen molar-refractivity contribution in [1.29, 1.82) is 0 Å². The molecule has 0 aliphatic rings. The summed E-state index contributed by atoms with van der Waals surface area (Å²) in [5.41, 5.74) is 0.210. The van der Waals surface area contributed by atoms with Crippen LogP contribution >= 0.6 is 23.2 Å². The molecule has 0 aromatic rings. The van der Waals surface area contributed by atoms with Gasteiger partial charge in [0, 0.05) is 11.8 Å². The Labute approximate surface area is 118 Å². The van der Waals surface area contributed by atoms with Gasteiger partial charge in [-0.25, -0.2) is 0 Å². The Bertz CT molecular complexity index is 153. The number of hydrogen-bond acceptors (Lipinski definition) is 0. The second kappa shape index (κ2) is 11.7. The zero-order valence-corrected chi connectivity index (χ0v) is 13.3. The van der Waals surface area contributed by atoms with E-state index in [1.807, 2.05) is 0 Å². The molecule has 2 heteroatoms. The molecule has 0 radical (unpaired) electrons. The SMILES string of the molecule is CCCCCCCCCC(CCl)(CCl)CCC. The van der Waals surface area contributed by atoms with Gasteiger partial charge in [-0.3, -0.25) is 0 Å². The van der Waals surface area contributed by atoms with Gasteiger partial charge >= 0.3 is 0 Å². The average Bonchev–Trinajstić information content (AvgIpc) is 2.36. The molecule has 0 heterocycles. The fourth-order valence-electron chi connectivity index (χ4n) is 2.42. The third-order valence-electron chi connectivity index (χ3n) is 3.66. The van der Waals surface area contributed by atoms with Gasteiger partial charge in [-0.05, 0) is 18.3 Å². The van der Waals surface area contributed by atoms with Crippen molar-refractivity contribution in [2.75, 3.05) is 11.8 Å². The van der Waals surface area contributed by atoms with Crippen molar-refractivity contribution in [2.24, 2.45) is 5.41 Å². The largest absolute Gasteiger partial charge is 0.126 e. The third kappa shape index (κ3) is 8.32. The van der Waals surface area contributed by atoms with Gasteiger partial charge < -0.3 is 0 Å². The monoisotopic (exact) mass is 280 g/mol. The Morgan fingerprint density at radius 1 is 0.647 bits per heavy atom. The lowest BCUT2D eigenvalue weighted by Crippen LogP contribution is -2.25. The second-order valence-electron chi connectivity index (χ2n) is 5.39. The Kier molecular flexibility index (Phi) is 12.1. The smallest absolute Gasteiger partial charge is 0.0291 e. The topological polar surface area (TPSA) is 0 Å². The van der Waals surface area contributed by atoms with Crippen LogP contribution in [0.1, 0.15) is 78.1 Å². The second-order valence-corrected chi connectivity index (χ2v) is 5.92. The normalized spacial score (nSPS) is 12.0. The highest BCUT2D eigenvalue weighted by Crippen LogP contribution is 2.33. The Balaban J connectivity index is 3.61. The minimum Gasteiger partial charge on any atom is -0.126 e. The molecule has 0 unspecified atom stereocenters. The van der Waals surface area contributed by atoms with E-state index in [2.05, 4.69) is 13.8 Å². The molecule has 0 saturated carbocycles. The lowest BCUT2D eigenvalue weighted by atomic mass is 9.82. The van der Waals surface area contributed by atoms with Gasteiger partial charge in [-0.15, -0.1) is 23.2 Å². The number of halogens is 2. The van der Waals surface area contributed by atoms with Gasteiger partial charge in [0.1, 0.15) is 0 Å². The highest BCUT2D eigenvalue weighted by Gasteiger charge is 2.26. The van der Waals surface area contributed by atoms with Crippen molar-refractivity contribution >= 4 is 23.2 Å². The summed E-state index contributed by atoms with van der Waals surface area (Å²) in [6, 6.07) is 0. The molecule has 0 saturated heterocycles. The van der Waals surface area contributed by atoms with Crippen molar-refractivity contribution in [3.63, 3.8) is 0 Å². The van der Waals surface area contributed by atoms with E-state index in [4.69, 9.17) is 23.2 Å². The molecule has 0 nitrogen and oxygen atoms in total. The summed E-state index contributed by atoms with van der Waals surface area (Å²) in [5.74, 6) is 1.44.